The maximum Gasteiger partial charge on any atom is 0.272 e. The van der Waals surface area contributed by atoms with Crippen molar-refractivity contribution in [2.24, 2.45) is 0 Å². The second-order valence-corrected chi connectivity index (χ2v) is 7.17. The van der Waals surface area contributed by atoms with Crippen LogP contribution in [0, 0.1) is 11.3 Å². The van der Waals surface area contributed by atoms with Gasteiger partial charge in [0, 0.05) is 18.1 Å². The van der Waals surface area contributed by atoms with Crippen LogP contribution >= 0.6 is 0 Å². The summed E-state index contributed by atoms with van der Waals surface area (Å²) < 4.78 is 5.89. The SMILES string of the molecule is CC(=O)NN(C(=O)c1ccccc1)C1c2cc(C#N)ccc2OC(C)(C)C1O. The first-order chi connectivity index (χ1) is 13.2. The minimum absolute atomic E-state index is 0.353. The Balaban J connectivity index is 2.16. The molecular formula is C21H21N3O4. The van der Waals surface area contributed by atoms with Crippen LogP contribution in [0.3, 0.4) is 0 Å². The maximum atomic E-state index is 13.2. The topological polar surface area (TPSA) is 103 Å². The molecule has 3 rings (SSSR count). The smallest absolute Gasteiger partial charge is 0.272 e. The van der Waals surface area contributed by atoms with Gasteiger partial charge in [-0.1, -0.05) is 18.2 Å². The van der Waals surface area contributed by atoms with E-state index in [9.17, 15) is 20.0 Å². The van der Waals surface area contributed by atoms with Crippen LogP contribution in [0.25, 0.3) is 0 Å². The zero-order chi connectivity index (χ0) is 20.5. The number of nitriles is 1. The van der Waals surface area contributed by atoms with Crippen molar-refractivity contribution in [3.05, 3.63) is 65.2 Å². The largest absolute Gasteiger partial charge is 0.485 e. The molecule has 0 aliphatic carbocycles. The third-order valence-corrected chi connectivity index (χ3v) is 4.64. The molecule has 0 saturated heterocycles. The Hall–Kier alpha value is -3.37. The molecule has 1 aliphatic heterocycles. The molecule has 1 aliphatic rings. The van der Waals surface area contributed by atoms with Crippen LogP contribution in [0.15, 0.2) is 48.5 Å². The molecule has 0 aromatic heterocycles. The zero-order valence-corrected chi connectivity index (χ0v) is 15.8. The molecular weight excluding hydrogens is 358 g/mol. The van der Waals surface area contributed by atoms with Gasteiger partial charge in [-0.2, -0.15) is 5.26 Å². The Bertz CT molecular complexity index is 950. The second kappa shape index (κ2) is 7.33. The highest BCUT2D eigenvalue weighted by Gasteiger charge is 2.47. The lowest BCUT2D eigenvalue weighted by atomic mass is 9.85. The number of carbonyl (C=O) groups excluding carboxylic acids is 2. The van der Waals surface area contributed by atoms with Gasteiger partial charge in [-0.25, -0.2) is 5.01 Å². The van der Waals surface area contributed by atoms with E-state index in [1.54, 1.807) is 62.4 Å². The fraction of sp³-hybridized carbons (Fsp3) is 0.286. The number of aliphatic hydroxyl groups excluding tert-OH is 1. The summed E-state index contributed by atoms with van der Waals surface area (Å²) in [5, 5.41) is 21.4. The molecule has 0 spiro atoms. The molecule has 2 aromatic carbocycles. The molecule has 7 nitrogen and oxygen atoms in total. The van der Waals surface area contributed by atoms with E-state index in [0.717, 1.165) is 5.01 Å². The molecule has 0 saturated carbocycles. The molecule has 2 amide bonds. The van der Waals surface area contributed by atoms with Gasteiger partial charge in [-0.15, -0.1) is 0 Å². The van der Waals surface area contributed by atoms with E-state index in [1.165, 1.54) is 6.92 Å². The highest BCUT2D eigenvalue weighted by molar-refractivity contribution is 5.95. The normalized spacial score (nSPS) is 19.5. The maximum absolute atomic E-state index is 13.2. The number of benzene rings is 2. The lowest BCUT2D eigenvalue weighted by molar-refractivity contribution is -0.129. The number of aliphatic hydroxyl groups is 1. The van der Waals surface area contributed by atoms with E-state index in [4.69, 9.17) is 4.74 Å². The third kappa shape index (κ3) is 3.55. The number of hydrazine groups is 1. The lowest BCUT2D eigenvalue weighted by Crippen LogP contribution is -2.58. The van der Waals surface area contributed by atoms with Gasteiger partial charge in [0.25, 0.3) is 5.91 Å². The molecule has 2 N–H and O–H groups in total. The van der Waals surface area contributed by atoms with Gasteiger partial charge >= 0.3 is 0 Å². The van der Waals surface area contributed by atoms with Crippen LogP contribution < -0.4 is 10.2 Å². The van der Waals surface area contributed by atoms with Gasteiger partial charge < -0.3 is 9.84 Å². The number of rotatable bonds is 2. The summed E-state index contributed by atoms with van der Waals surface area (Å²) in [6.45, 7) is 4.68. The first-order valence-corrected chi connectivity index (χ1v) is 8.81. The number of nitrogens with one attached hydrogen (secondary N) is 1. The number of carbonyl (C=O) groups is 2. The number of nitrogens with zero attached hydrogens (tertiary/aromatic N) is 2. The summed E-state index contributed by atoms with van der Waals surface area (Å²) >= 11 is 0. The summed E-state index contributed by atoms with van der Waals surface area (Å²) in [5.74, 6) is -0.500. The molecule has 2 aromatic rings. The van der Waals surface area contributed by atoms with Crippen LogP contribution in [-0.2, 0) is 4.79 Å². The Morgan fingerprint density at radius 2 is 1.89 bits per heavy atom. The monoisotopic (exact) mass is 379 g/mol. The minimum Gasteiger partial charge on any atom is -0.485 e. The summed E-state index contributed by atoms with van der Waals surface area (Å²) in [6.07, 6.45) is -1.16. The van der Waals surface area contributed by atoms with Crippen molar-refractivity contribution in [1.29, 1.82) is 5.26 Å². The van der Waals surface area contributed by atoms with Crippen LogP contribution in [-0.4, -0.2) is 33.6 Å². The second-order valence-electron chi connectivity index (χ2n) is 7.17. The molecule has 2 atom stereocenters. The van der Waals surface area contributed by atoms with E-state index in [-0.39, 0.29) is 0 Å². The van der Waals surface area contributed by atoms with Crippen LogP contribution in [0.4, 0.5) is 0 Å². The van der Waals surface area contributed by atoms with Crippen molar-refractivity contribution < 1.29 is 19.4 Å². The van der Waals surface area contributed by atoms with Gasteiger partial charge in [-0.3, -0.25) is 15.0 Å². The third-order valence-electron chi connectivity index (χ3n) is 4.64. The Labute approximate surface area is 163 Å². The Morgan fingerprint density at radius 3 is 2.50 bits per heavy atom. The number of ether oxygens (including phenoxy) is 1. The first kappa shape index (κ1) is 19.4. The summed E-state index contributed by atoms with van der Waals surface area (Å²) in [5.41, 5.74) is 2.67. The first-order valence-electron chi connectivity index (χ1n) is 8.81. The molecule has 7 heteroatoms. The molecule has 0 fully saturated rings. The predicted octanol–water partition coefficient (Wildman–Crippen LogP) is 2.32. The van der Waals surface area contributed by atoms with Crippen molar-refractivity contribution in [2.75, 3.05) is 0 Å². The van der Waals surface area contributed by atoms with Gasteiger partial charge in [-0.05, 0) is 44.2 Å². The highest BCUT2D eigenvalue weighted by atomic mass is 16.5. The molecule has 2 unspecified atom stereocenters. The molecule has 144 valence electrons. The van der Waals surface area contributed by atoms with Crippen LogP contribution in [0.2, 0.25) is 0 Å². The minimum atomic E-state index is -1.16. The van der Waals surface area contributed by atoms with Crippen molar-refractivity contribution in [1.82, 2.24) is 10.4 Å². The molecule has 0 radical (unpaired) electrons. The quantitative estimate of drug-likeness (QED) is 0.780. The van der Waals surface area contributed by atoms with Crippen molar-refractivity contribution in [3.8, 4) is 11.8 Å². The highest BCUT2D eigenvalue weighted by Crippen LogP contribution is 2.43. The van der Waals surface area contributed by atoms with E-state index in [0.29, 0.717) is 22.4 Å². The van der Waals surface area contributed by atoms with Crippen LogP contribution in [0.5, 0.6) is 5.75 Å². The fourth-order valence-electron chi connectivity index (χ4n) is 3.25. The van der Waals surface area contributed by atoms with Crippen LogP contribution in [0.1, 0.15) is 48.3 Å². The van der Waals surface area contributed by atoms with Crippen molar-refractivity contribution >= 4 is 11.8 Å². The number of amides is 2. The van der Waals surface area contributed by atoms with Crippen molar-refractivity contribution in [3.63, 3.8) is 0 Å². The van der Waals surface area contributed by atoms with Gasteiger partial charge in [0.1, 0.15) is 23.5 Å². The van der Waals surface area contributed by atoms with Gasteiger partial charge in [0.2, 0.25) is 5.91 Å². The number of hydrogen-bond acceptors (Lipinski definition) is 5. The molecule has 1 heterocycles. The average molecular weight is 379 g/mol. The van der Waals surface area contributed by atoms with Gasteiger partial charge in [0.15, 0.2) is 0 Å². The summed E-state index contributed by atoms with van der Waals surface area (Å²) in [7, 11) is 0. The van der Waals surface area contributed by atoms with E-state index in [1.807, 2.05) is 6.07 Å². The summed E-state index contributed by atoms with van der Waals surface area (Å²) in [6, 6.07) is 14.4. The van der Waals surface area contributed by atoms with E-state index >= 15 is 0 Å². The summed E-state index contributed by atoms with van der Waals surface area (Å²) in [4.78, 5) is 25.1. The Kier molecular flexibility index (Phi) is 5.08. The van der Waals surface area contributed by atoms with Gasteiger partial charge in [0.05, 0.1) is 11.6 Å². The Morgan fingerprint density at radius 1 is 1.21 bits per heavy atom. The zero-order valence-electron chi connectivity index (χ0n) is 15.8. The van der Waals surface area contributed by atoms with E-state index < -0.39 is 29.6 Å². The number of fused-ring (bicyclic) bond motifs is 1. The lowest BCUT2D eigenvalue weighted by Gasteiger charge is -2.45. The molecule has 28 heavy (non-hydrogen) atoms. The van der Waals surface area contributed by atoms with E-state index in [2.05, 4.69) is 5.43 Å². The average Bonchev–Trinajstić information content (AvgIpc) is 2.67. The van der Waals surface area contributed by atoms with Crippen molar-refractivity contribution in [2.45, 2.75) is 38.5 Å². The predicted molar refractivity (Wildman–Crippen MR) is 101 cm³/mol. The standard InChI is InChI=1S/C21H21N3O4/c1-13(25)23-24(20(27)15-7-5-4-6-8-15)18-16-11-14(12-22)9-10-17(16)28-21(2,3)19(18)26/h4-11,18-19,26H,1-3H3,(H,23,25). The number of hydrogen-bond donors (Lipinski definition) is 2. The fourth-order valence-corrected chi connectivity index (χ4v) is 3.25. The molecule has 0 bridgehead atoms.